The van der Waals surface area contributed by atoms with Crippen molar-refractivity contribution in [2.45, 2.75) is 24.2 Å². The van der Waals surface area contributed by atoms with Crippen molar-refractivity contribution >= 4 is 32.4 Å². The van der Waals surface area contributed by atoms with Crippen LogP contribution < -0.4 is 5.32 Å². The van der Waals surface area contributed by atoms with E-state index in [1.54, 1.807) is 29.6 Å². The van der Waals surface area contributed by atoms with Crippen LogP contribution in [0.1, 0.15) is 29.6 Å². The van der Waals surface area contributed by atoms with Gasteiger partial charge in [0.15, 0.2) is 5.13 Å². The molecule has 0 spiro atoms. The topological polar surface area (TPSA) is 79.4 Å². The molecule has 2 aromatic carbocycles. The summed E-state index contributed by atoms with van der Waals surface area (Å²) in [5.74, 6) is -0.875. The Labute approximate surface area is 178 Å². The summed E-state index contributed by atoms with van der Waals surface area (Å²) < 4.78 is 40.7. The van der Waals surface area contributed by atoms with E-state index in [0.717, 1.165) is 24.8 Å². The molecule has 0 bridgehead atoms. The standard InChI is InChI=1S/C21H20FN3O3S2/c22-16-10-8-15(9-11-16)18-14-29-21(23-18)24-20(26)17-6-2-3-7-19(17)30(27,28)25-12-4-1-5-13-25/h2-3,6-11,14H,1,4-5,12-13H2,(H,23,24,26). The Kier molecular flexibility index (Phi) is 5.94. The zero-order valence-corrected chi connectivity index (χ0v) is 17.7. The van der Waals surface area contributed by atoms with E-state index in [-0.39, 0.29) is 16.3 Å². The Morgan fingerprint density at radius 2 is 1.73 bits per heavy atom. The number of thiazole rings is 1. The Morgan fingerprint density at radius 3 is 2.47 bits per heavy atom. The molecule has 1 amide bonds. The number of amides is 1. The van der Waals surface area contributed by atoms with Crippen LogP contribution in [-0.4, -0.2) is 36.7 Å². The first kappa shape index (κ1) is 20.6. The summed E-state index contributed by atoms with van der Waals surface area (Å²) in [6.45, 7) is 0.928. The molecule has 30 heavy (non-hydrogen) atoms. The third-order valence-corrected chi connectivity index (χ3v) is 7.64. The number of nitrogens with one attached hydrogen (secondary N) is 1. The third-order valence-electron chi connectivity index (χ3n) is 4.93. The highest BCUT2D eigenvalue weighted by molar-refractivity contribution is 7.89. The minimum atomic E-state index is -3.75. The molecule has 6 nitrogen and oxygen atoms in total. The van der Waals surface area contributed by atoms with Crippen molar-refractivity contribution in [1.29, 1.82) is 0 Å². The van der Waals surface area contributed by atoms with Gasteiger partial charge in [-0.1, -0.05) is 18.6 Å². The second kappa shape index (κ2) is 8.63. The largest absolute Gasteiger partial charge is 0.298 e. The van der Waals surface area contributed by atoms with Gasteiger partial charge in [-0.2, -0.15) is 4.31 Å². The van der Waals surface area contributed by atoms with E-state index < -0.39 is 15.9 Å². The van der Waals surface area contributed by atoms with Gasteiger partial charge >= 0.3 is 0 Å². The van der Waals surface area contributed by atoms with E-state index in [4.69, 9.17) is 0 Å². The normalized spacial score (nSPS) is 15.1. The zero-order valence-electron chi connectivity index (χ0n) is 16.0. The molecule has 1 N–H and O–H groups in total. The molecular formula is C21H20FN3O3S2. The van der Waals surface area contributed by atoms with Crippen molar-refractivity contribution in [3.63, 3.8) is 0 Å². The smallest absolute Gasteiger partial charge is 0.258 e. The summed E-state index contributed by atoms with van der Waals surface area (Å²) in [5, 5.41) is 4.77. The molecule has 0 aliphatic carbocycles. The fourth-order valence-electron chi connectivity index (χ4n) is 3.37. The molecule has 9 heteroatoms. The van der Waals surface area contributed by atoms with Crippen LogP contribution in [0, 0.1) is 5.82 Å². The maximum atomic E-state index is 13.1. The molecular weight excluding hydrogens is 425 g/mol. The minimum Gasteiger partial charge on any atom is -0.298 e. The monoisotopic (exact) mass is 445 g/mol. The number of rotatable bonds is 5. The van der Waals surface area contributed by atoms with Crippen molar-refractivity contribution in [1.82, 2.24) is 9.29 Å². The lowest BCUT2D eigenvalue weighted by molar-refractivity contribution is 0.102. The lowest BCUT2D eigenvalue weighted by atomic mass is 10.2. The fraction of sp³-hybridized carbons (Fsp3) is 0.238. The maximum absolute atomic E-state index is 13.1. The van der Waals surface area contributed by atoms with Gasteiger partial charge in [0, 0.05) is 24.0 Å². The number of hydrogen-bond acceptors (Lipinski definition) is 5. The number of carbonyl (C=O) groups is 1. The lowest BCUT2D eigenvalue weighted by Crippen LogP contribution is -2.36. The minimum absolute atomic E-state index is 0.000265. The highest BCUT2D eigenvalue weighted by Crippen LogP contribution is 2.27. The van der Waals surface area contributed by atoms with Crippen molar-refractivity contribution in [3.8, 4) is 11.3 Å². The van der Waals surface area contributed by atoms with Gasteiger partial charge in [-0.3, -0.25) is 10.1 Å². The number of anilines is 1. The fourth-order valence-corrected chi connectivity index (χ4v) is 5.79. The number of halogens is 1. The molecule has 1 aliphatic heterocycles. The van der Waals surface area contributed by atoms with E-state index in [0.29, 0.717) is 23.9 Å². The summed E-state index contributed by atoms with van der Waals surface area (Å²) in [6.07, 6.45) is 2.65. The second-order valence-electron chi connectivity index (χ2n) is 6.96. The van der Waals surface area contributed by atoms with Crippen molar-refractivity contribution in [2.24, 2.45) is 0 Å². The summed E-state index contributed by atoms with van der Waals surface area (Å²) in [7, 11) is -3.75. The number of benzene rings is 2. The molecule has 1 fully saturated rings. The molecule has 0 unspecified atom stereocenters. The summed E-state index contributed by atoms with van der Waals surface area (Å²) in [6, 6.07) is 12.1. The number of hydrogen-bond donors (Lipinski definition) is 1. The van der Waals surface area contributed by atoms with Gasteiger partial charge in [0.2, 0.25) is 10.0 Å². The summed E-state index contributed by atoms with van der Waals surface area (Å²) >= 11 is 1.22. The molecule has 3 aromatic rings. The van der Waals surface area contributed by atoms with Crippen molar-refractivity contribution < 1.29 is 17.6 Å². The molecule has 156 valence electrons. The number of piperidine rings is 1. The molecule has 1 aromatic heterocycles. The first-order valence-corrected chi connectivity index (χ1v) is 11.9. The van der Waals surface area contributed by atoms with Crippen LogP contribution in [0.3, 0.4) is 0 Å². The van der Waals surface area contributed by atoms with E-state index in [1.807, 2.05) is 0 Å². The van der Waals surface area contributed by atoms with Gasteiger partial charge in [0.05, 0.1) is 16.2 Å². The van der Waals surface area contributed by atoms with Crippen LogP contribution in [0.4, 0.5) is 9.52 Å². The highest BCUT2D eigenvalue weighted by Gasteiger charge is 2.30. The van der Waals surface area contributed by atoms with Crippen LogP contribution in [0.5, 0.6) is 0 Å². The maximum Gasteiger partial charge on any atom is 0.258 e. The number of sulfonamides is 1. The van der Waals surface area contributed by atoms with Crippen molar-refractivity contribution in [3.05, 3.63) is 65.3 Å². The van der Waals surface area contributed by atoms with Crippen LogP contribution in [0.15, 0.2) is 58.8 Å². The average molecular weight is 446 g/mol. The third kappa shape index (κ3) is 4.28. The van der Waals surface area contributed by atoms with Crippen LogP contribution in [-0.2, 0) is 10.0 Å². The Morgan fingerprint density at radius 1 is 1.03 bits per heavy atom. The average Bonchev–Trinajstić information content (AvgIpc) is 3.23. The summed E-state index contributed by atoms with van der Waals surface area (Å²) in [5.41, 5.74) is 1.41. The van der Waals surface area contributed by atoms with Crippen LogP contribution in [0.2, 0.25) is 0 Å². The van der Waals surface area contributed by atoms with Gasteiger partial charge in [0.1, 0.15) is 5.82 Å². The number of carbonyl (C=O) groups excluding carboxylic acids is 1. The van der Waals surface area contributed by atoms with Gasteiger partial charge in [0.25, 0.3) is 5.91 Å². The Balaban J connectivity index is 1.57. The molecule has 1 aliphatic rings. The van der Waals surface area contributed by atoms with Gasteiger partial charge in [-0.15, -0.1) is 11.3 Å². The quantitative estimate of drug-likeness (QED) is 0.632. The lowest BCUT2D eigenvalue weighted by Gasteiger charge is -2.26. The van der Waals surface area contributed by atoms with Gasteiger partial charge < -0.3 is 0 Å². The van der Waals surface area contributed by atoms with E-state index in [2.05, 4.69) is 10.3 Å². The number of nitrogens with zero attached hydrogens (tertiary/aromatic N) is 2. The van der Waals surface area contributed by atoms with Crippen molar-refractivity contribution in [2.75, 3.05) is 18.4 Å². The first-order chi connectivity index (χ1) is 14.4. The molecule has 2 heterocycles. The zero-order chi connectivity index (χ0) is 21.1. The number of aromatic nitrogens is 1. The van der Waals surface area contributed by atoms with E-state index in [1.165, 1.54) is 39.9 Å². The summed E-state index contributed by atoms with van der Waals surface area (Å²) in [4.78, 5) is 17.2. The molecule has 1 saturated heterocycles. The van der Waals surface area contributed by atoms with Crippen LogP contribution in [0.25, 0.3) is 11.3 Å². The predicted octanol–water partition coefficient (Wildman–Crippen LogP) is 4.38. The predicted molar refractivity (Wildman–Crippen MR) is 115 cm³/mol. The Hall–Kier alpha value is -2.62. The highest BCUT2D eigenvalue weighted by atomic mass is 32.2. The van der Waals surface area contributed by atoms with Crippen LogP contribution >= 0.6 is 11.3 Å². The van der Waals surface area contributed by atoms with Gasteiger partial charge in [-0.05, 0) is 49.2 Å². The molecule has 0 radical (unpaired) electrons. The molecule has 0 atom stereocenters. The second-order valence-corrected chi connectivity index (χ2v) is 9.72. The Bertz CT molecular complexity index is 1150. The first-order valence-electron chi connectivity index (χ1n) is 9.57. The van der Waals surface area contributed by atoms with E-state index >= 15 is 0 Å². The SMILES string of the molecule is O=C(Nc1nc(-c2ccc(F)cc2)cs1)c1ccccc1S(=O)(=O)N1CCCCC1. The molecule has 0 saturated carbocycles. The van der Waals surface area contributed by atoms with Gasteiger partial charge in [-0.25, -0.2) is 17.8 Å². The van der Waals surface area contributed by atoms with E-state index in [9.17, 15) is 17.6 Å². The molecule has 4 rings (SSSR count).